The van der Waals surface area contributed by atoms with E-state index in [0.29, 0.717) is 18.9 Å². The van der Waals surface area contributed by atoms with Crippen LogP contribution in [0.1, 0.15) is 53.4 Å². The Balaban J connectivity index is 2.52. The monoisotopic (exact) mass is 284 g/mol. The molecule has 0 bridgehead atoms. The second kappa shape index (κ2) is 6.95. The Hall–Kier alpha value is -1.26. The van der Waals surface area contributed by atoms with Crippen LogP contribution in [0, 0.1) is 11.3 Å². The molecule has 0 aromatic carbocycles. The second-order valence-electron chi connectivity index (χ2n) is 6.78. The molecule has 5 heteroatoms. The summed E-state index contributed by atoms with van der Waals surface area (Å²) in [5, 5.41) is 11.8. The number of carboxylic acids is 1. The van der Waals surface area contributed by atoms with Crippen LogP contribution in [0.15, 0.2) is 0 Å². The van der Waals surface area contributed by atoms with Crippen LogP contribution in [0.3, 0.4) is 0 Å². The fraction of sp³-hybridized carbons (Fsp3) is 0.867. The van der Waals surface area contributed by atoms with Crippen LogP contribution in [0.25, 0.3) is 0 Å². The molecule has 116 valence electrons. The highest BCUT2D eigenvalue weighted by Crippen LogP contribution is 2.33. The number of carbonyl (C=O) groups is 2. The Morgan fingerprint density at radius 1 is 1.40 bits per heavy atom. The third-order valence-corrected chi connectivity index (χ3v) is 4.14. The van der Waals surface area contributed by atoms with Gasteiger partial charge in [-0.05, 0) is 24.2 Å². The molecule has 2 amide bonds. The summed E-state index contributed by atoms with van der Waals surface area (Å²) >= 11 is 0. The van der Waals surface area contributed by atoms with Crippen LogP contribution in [0.5, 0.6) is 0 Å². The van der Waals surface area contributed by atoms with Crippen LogP contribution in [-0.4, -0.2) is 41.1 Å². The summed E-state index contributed by atoms with van der Waals surface area (Å²) in [6.07, 6.45) is 3.22. The molecule has 1 fully saturated rings. The zero-order valence-electron chi connectivity index (χ0n) is 13.1. The van der Waals surface area contributed by atoms with Gasteiger partial charge in [0.1, 0.15) is 6.04 Å². The molecule has 0 saturated carbocycles. The topological polar surface area (TPSA) is 69.6 Å². The predicted molar refractivity (Wildman–Crippen MR) is 78.6 cm³/mol. The number of carbonyl (C=O) groups excluding carboxylic acids is 1. The summed E-state index contributed by atoms with van der Waals surface area (Å²) in [5.74, 6) is -0.467. The lowest BCUT2D eigenvalue weighted by atomic mass is 9.80. The van der Waals surface area contributed by atoms with E-state index < -0.39 is 12.0 Å². The first-order valence-electron chi connectivity index (χ1n) is 7.54. The molecular weight excluding hydrogens is 256 g/mol. The Labute approximate surface area is 121 Å². The van der Waals surface area contributed by atoms with Crippen LogP contribution >= 0.6 is 0 Å². The van der Waals surface area contributed by atoms with Crippen molar-refractivity contribution >= 4 is 12.0 Å². The number of hydrogen-bond acceptors (Lipinski definition) is 2. The maximum atomic E-state index is 12.1. The summed E-state index contributed by atoms with van der Waals surface area (Å²) < 4.78 is 0. The van der Waals surface area contributed by atoms with Gasteiger partial charge in [-0.1, -0.05) is 40.5 Å². The van der Waals surface area contributed by atoms with E-state index in [0.717, 1.165) is 25.8 Å². The van der Waals surface area contributed by atoms with E-state index in [9.17, 15) is 9.59 Å². The minimum atomic E-state index is -0.946. The SMILES string of the molecule is CCCCC(NC(=O)N1CCC(C(C)(C)C)C1)C(=O)O. The smallest absolute Gasteiger partial charge is 0.326 e. The summed E-state index contributed by atoms with van der Waals surface area (Å²) in [6.45, 7) is 9.99. The first kappa shape index (κ1) is 16.8. The Morgan fingerprint density at radius 2 is 2.05 bits per heavy atom. The van der Waals surface area contributed by atoms with Gasteiger partial charge in [0.2, 0.25) is 0 Å². The first-order valence-corrected chi connectivity index (χ1v) is 7.54. The maximum absolute atomic E-state index is 12.1. The molecule has 1 aliphatic heterocycles. The van der Waals surface area contributed by atoms with Gasteiger partial charge in [0.25, 0.3) is 0 Å². The van der Waals surface area contributed by atoms with E-state index in [2.05, 4.69) is 26.1 Å². The fourth-order valence-corrected chi connectivity index (χ4v) is 2.56. The molecule has 0 spiro atoms. The number of urea groups is 1. The van der Waals surface area contributed by atoms with Crippen LogP contribution in [-0.2, 0) is 4.79 Å². The van der Waals surface area contributed by atoms with Crippen molar-refractivity contribution in [2.45, 2.75) is 59.4 Å². The molecule has 1 aliphatic rings. The molecule has 20 heavy (non-hydrogen) atoms. The Bertz CT molecular complexity index is 350. The van der Waals surface area contributed by atoms with Crippen molar-refractivity contribution in [3.05, 3.63) is 0 Å². The summed E-state index contributed by atoms with van der Waals surface area (Å²) in [6, 6.07) is -1.00. The number of carboxylic acid groups (broad SMARTS) is 1. The summed E-state index contributed by atoms with van der Waals surface area (Å²) in [7, 11) is 0. The van der Waals surface area contributed by atoms with Gasteiger partial charge in [0.15, 0.2) is 0 Å². The molecule has 5 nitrogen and oxygen atoms in total. The van der Waals surface area contributed by atoms with Crippen molar-refractivity contribution in [2.24, 2.45) is 11.3 Å². The number of unbranched alkanes of at least 4 members (excludes halogenated alkanes) is 1. The minimum absolute atomic E-state index is 0.184. The largest absolute Gasteiger partial charge is 0.480 e. The molecule has 1 saturated heterocycles. The highest BCUT2D eigenvalue weighted by molar-refractivity contribution is 5.82. The minimum Gasteiger partial charge on any atom is -0.480 e. The average molecular weight is 284 g/mol. The van der Waals surface area contributed by atoms with Crippen molar-refractivity contribution in [1.29, 1.82) is 0 Å². The van der Waals surface area contributed by atoms with E-state index in [1.807, 2.05) is 6.92 Å². The summed E-state index contributed by atoms with van der Waals surface area (Å²) in [4.78, 5) is 25.0. The third-order valence-electron chi connectivity index (χ3n) is 4.14. The normalized spacial score (nSPS) is 20.8. The number of hydrogen-bond donors (Lipinski definition) is 2. The molecule has 2 atom stereocenters. The molecule has 0 aliphatic carbocycles. The van der Waals surface area contributed by atoms with Crippen molar-refractivity contribution in [1.82, 2.24) is 10.2 Å². The maximum Gasteiger partial charge on any atom is 0.326 e. The van der Waals surface area contributed by atoms with Crippen LogP contribution in [0.4, 0.5) is 4.79 Å². The van der Waals surface area contributed by atoms with E-state index in [1.54, 1.807) is 4.90 Å². The lowest BCUT2D eigenvalue weighted by molar-refractivity contribution is -0.139. The second-order valence-corrected chi connectivity index (χ2v) is 6.78. The van der Waals surface area contributed by atoms with Gasteiger partial charge in [-0.25, -0.2) is 9.59 Å². The highest BCUT2D eigenvalue weighted by atomic mass is 16.4. The molecule has 0 aromatic rings. The van der Waals surface area contributed by atoms with Gasteiger partial charge in [0.05, 0.1) is 0 Å². The third kappa shape index (κ3) is 4.69. The molecule has 0 aromatic heterocycles. The lowest BCUT2D eigenvalue weighted by Crippen LogP contribution is -2.47. The van der Waals surface area contributed by atoms with E-state index in [1.165, 1.54) is 0 Å². The number of nitrogens with one attached hydrogen (secondary N) is 1. The predicted octanol–water partition coefficient (Wildman–Crippen LogP) is 2.71. The molecule has 0 radical (unpaired) electrons. The van der Waals surface area contributed by atoms with E-state index >= 15 is 0 Å². The number of aliphatic carboxylic acids is 1. The number of likely N-dealkylation sites (tertiary alicyclic amines) is 1. The number of amides is 2. The highest BCUT2D eigenvalue weighted by Gasteiger charge is 2.34. The molecule has 2 unspecified atom stereocenters. The van der Waals surface area contributed by atoms with Crippen molar-refractivity contribution in [3.63, 3.8) is 0 Å². The van der Waals surface area contributed by atoms with E-state index in [4.69, 9.17) is 5.11 Å². The quantitative estimate of drug-likeness (QED) is 0.815. The van der Waals surface area contributed by atoms with Gasteiger partial charge in [-0.2, -0.15) is 0 Å². The van der Waals surface area contributed by atoms with Crippen LogP contribution < -0.4 is 5.32 Å². The van der Waals surface area contributed by atoms with Gasteiger partial charge >= 0.3 is 12.0 Å². The first-order chi connectivity index (χ1) is 9.25. The molecule has 1 heterocycles. The lowest BCUT2D eigenvalue weighted by Gasteiger charge is -2.27. The zero-order chi connectivity index (χ0) is 15.3. The molecular formula is C15H28N2O3. The number of nitrogens with zero attached hydrogens (tertiary/aromatic N) is 1. The van der Waals surface area contributed by atoms with Crippen molar-refractivity contribution < 1.29 is 14.7 Å². The van der Waals surface area contributed by atoms with Crippen molar-refractivity contribution in [2.75, 3.05) is 13.1 Å². The Kier molecular flexibility index (Phi) is 5.84. The van der Waals surface area contributed by atoms with Gasteiger partial charge in [0, 0.05) is 13.1 Å². The Morgan fingerprint density at radius 3 is 2.50 bits per heavy atom. The van der Waals surface area contributed by atoms with Crippen LogP contribution in [0.2, 0.25) is 0 Å². The van der Waals surface area contributed by atoms with Gasteiger partial charge < -0.3 is 15.3 Å². The van der Waals surface area contributed by atoms with E-state index in [-0.39, 0.29) is 11.4 Å². The molecule has 2 N–H and O–H groups in total. The number of rotatable bonds is 5. The standard InChI is InChI=1S/C15H28N2O3/c1-5-6-7-12(13(18)19)16-14(20)17-9-8-11(10-17)15(2,3)4/h11-12H,5-10H2,1-4H3,(H,16,20)(H,18,19). The fourth-order valence-electron chi connectivity index (χ4n) is 2.56. The van der Waals surface area contributed by atoms with Gasteiger partial charge in [-0.15, -0.1) is 0 Å². The zero-order valence-corrected chi connectivity index (χ0v) is 13.1. The average Bonchev–Trinajstić information content (AvgIpc) is 2.83. The molecule has 1 rings (SSSR count). The van der Waals surface area contributed by atoms with Gasteiger partial charge in [-0.3, -0.25) is 0 Å². The van der Waals surface area contributed by atoms with Crippen molar-refractivity contribution in [3.8, 4) is 0 Å². The summed E-state index contributed by atoms with van der Waals surface area (Å²) in [5.41, 5.74) is 0.184.